The normalized spacial score (nSPS) is 13.8. The van der Waals surface area contributed by atoms with E-state index in [-0.39, 0.29) is 11.8 Å². The highest BCUT2D eigenvalue weighted by molar-refractivity contribution is 7.21. The Kier molecular flexibility index (Phi) is 6.03. The van der Waals surface area contributed by atoms with Gasteiger partial charge in [0.25, 0.3) is 11.8 Å². The molecule has 166 valence electrons. The number of amides is 2. The molecule has 3 aromatic carbocycles. The smallest absolute Gasteiger partial charge is 0.267 e. The van der Waals surface area contributed by atoms with Crippen LogP contribution in [0.3, 0.4) is 0 Å². The molecule has 0 atom stereocenters. The summed E-state index contributed by atoms with van der Waals surface area (Å²) in [6.45, 7) is 2.78. The number of para-hydroxylation sites is 2. The molecule has 1 N–H and O–H groups in total. The second kappa shape index (κ2) is 9.25. The molecule has 0 saturated carbocycles. The van der Waals surface area contributed by atoms with Crippen LogP contribution in [-0.2, 0) is 0 Å². The van der Waals surface area contributed by atoms with Crippen molar-refractivity contribution in [2.24, 2.45) is 0 Å². The first-order valence-corrected chi connectivity index (χ1v) is 12.0. The molecule has 1 aliphatic heterocycles. The van der Waals surface area contributed by atoms with Crippen LogP contribution in [0.1, 0.15) is 20.0 Å². The van der Waals surface area contributed by atoms with Crippen molar-refractivity contribution >= 4 is 56.2 Å². The van der Waals surface area contributed by atoms with Crippen molar-refractivity contribution in [3.8, 4) is 0 Å². The molecule has 5 nitrogen and oxygen atoms in total. The lowest BCUT2D eigenvalue weighted by molar-refractivity contribution is 0.0748. The van der Waals surface area contributed by atoms with Crippen molar-refractivity contribution in [2.45, 2.75) is 0 Å². The molecule has 0 unspecified atom stereocenters. The Bertz CT molecular complexity index is 1310. The third-order valence-electron chi connectivity index (χ3n) is 5.84. The Hall–Kier alpha value is -3.35. The molecule has 4 aromatic rings. The first kappa shape index (κ1) is 21.5. The van der Waals surface area contributed by atoms with Gasteiger partial charge in [-0.15, -0.1) is 11.3 Å². The Balaban J connectivity index is 1.32. The standard InChI is InChI=1S/C26H22ClN3O2S/c27-23-20-11-5-7-13-22(20)33-24(23)25(31)28-21-12-6-4-10-19(21)26(32)30-16-14-29(15-17-30)18-8-2-1-3-9-18/h1-13H,14-17H2,(H,28,31). The second-order valence-electron chi connectivity index (χ2n) is 7.86. The summed E-state index contributed by atoms with van der Waals surface area (Å²) >= 11 is 7.82. The molecular formula is C26H22ClN3O2S. The van der Waals surface area contributed by atoms with Crippen molar-refractivity contribution in [1.82, 2.24) is 4.90 Å². The Morgan fingerprint density at radius 2 is 1.48 bits per heavy atom. The van der Waals surface area contributed by atoms with E-state index in [1.54, 1.807) is 12.1 Å². The van der Waals surface area contributed by atoms with E-state index in [2.05, 4.69) is 22.3 Å². The number of anilines is 2. The molecule has 2 heterocycles. The summed E-state index contributed by atoms with van der Waals surface area (Å²) in [7, 11) is 0. The predicted molar refractivity (Wildman–Crippen MR) is 136 cm³/mol. The molecule has 5 rings (SSSR count). The highest BCUT2D eigenvalue weighted by Gasteiger charge is 2.25. The number of thiophene rings is 1. The average molecular weight is 476 g/mol. The zero-order valence-electron chi connectivity index (χ0n) is 17.8. The Morgan fingerprint density at radius 3 is 2.24 bits per heavy atom. The van der Waals surface area contributed by atoms with E-state index in [9.17, 15) is 9.59 Å². The van der Waals surface area contributed by atoms with Gasteiger partial charge in [0.2, 0.25) is 0 Å². The van der Waals surface area contributed by atoms with E-state index in [1.807, 2.05) is 59.5 Å². The van der Waals surface area contributed by atoms with Crippen molar-refractivity contribution in [1.29, 1.82) is 0 Å². The fourth-order valence-electron chi connectivity index (χ4n) is 4.09. The van der Waals surface area contributed by atoms with Crippen LogP contribution in [0.25, 0.3) is 10.1 Å². The molecule has 1 saturated heterocycles. The summed E-state index contributed by atoms with van der Waals surface area (Å²) in [5, 5.41) is 4.21. The maximum absolute atomic E-state index is 13.3. The van der Waals surface area contributed by atoms with Gasteiger partial charge in [-0.25, -0.2) is 0 Å². The van der Waals surface area contributed by atoms with Crippen molar-refractivity contribution in [3.05, 3.63) is 94.3 Å². The maximum atomic E-state index is 13.3. The summed E-state index contributed by atoms with van der Waals surface area (Å²) in [5.74, 6) is -0.392. The molecule has 0 radical (unpaired) electrons. The van der Waals surface area contributed by atoms with Crippen LogP contribution in [0, 0.1) is 0 Å². The molecule has 1 aromatic heterocycles. The third-order valence-corrected chi connectivity index (χ3v) is 7.51. The predicted octanol–water partition coefficient (Wildman–Crippen LogP) is 5.77. The summed E-state index contributed by atoms with van der Waals surface area (Å²) < 4.78 is 0.952. The average Bonchev–Trinajstić information content (AvgIpc) is 3.21. The van der Waals surface area contributed by atoms with Crippen LogP contribution >= 0.6 is 22.9 Å². The van der Waals surface area contributed by atoms with Gasteiger partial charge in [0.15, 0.2) is 0 Å². The second-order valence-corrected chi connectivity index (χ2v) is 9.29. The van der Waals surface area contributed by atoms with Crippen molar-refractivity contribution < 1.29 is 9.59 Å². The first-order valence-electron chi connectivity index (χ1n) is 10.8. The summed E-state index contributed by atoms with van der Waals surface area (Å²) in [4.78, 5) is 30.9. The molecule has 0 spiro atoms. The number of hydrogen-bond donors (Lipinski definition) is 1. The van der Waals surface area contributed by atoms with E-state index in [1.165, 1.54) is 11.3 Å². The number of nitrogens with zero attached hydrogens (tertiary/aromatic N) is 2. The van der Waals surface area contributed by atoms with Gasteiger partial charge in [0.05, 0.1) is 16.3 Å². The van der Waals surface area contributed by atoms with Crippen LogP contribution in [-0.4, -0.2) is 42.9 Å². The van der Waals surface area contributed by atoms with Gasteiger partial charge in [0, 0.05) is 42.0 Å². The van der Waals surface area contributed by atoms with Crippen molar-refractivity contribution in [2.75, 3.05) is 36.4 Å². The number of carbonyl (C=O) groups excluding carboxylic acids is 2. The molecule has 33 heavy (non-hydrogen) atoms. The summed E-state index contributed by atoms with van der Waals surface area (Å²) in [5.41, 5.74) is 2.14. The monoisotopic (exact) mass is 475 g/mol. The molecular weight excluding hydrogens is 454 g/mol. The van der Waals surface area contributed by atoms with Crippen LogP contribution in [0.5, 0.6) is 0 Å². The zero-order chi connectivity index (χ0) is 22.8. The lowest BCUT2D eigenvalue weighted by atomic mass is 10.1. The Labute approximate surface area is 201 Å². The molecule has 7 heteroatoms. The van der Waals surface area contributed by atoms with E-state index in [4.69, 9.17) is 11.6 Å². The van der Waals surface area contributed by atoms with E-state index >= 15 is 0 Å². The van der Waals surface area contributed by atoms with Crippen LogP contribution in [0.4, 0.5) is 11.4 Å². The fourth-order valence-corrected chi connectivity index (χ4v) is 5.51. The highest BCUT2D eigenvalue weighted by atomic mass is 35.5. The van der Waals surface area contributed by atoms with E-state index in [0.29, 0.717) is 34.2 Å². The largest absolute Gasteiger partial charge is 0.368 e. The SMILES string of the molecule is O=C(Nc1ccccc1C(=O)N1CCN(c2ccccc2)CC1)c1sc2ccccc2c1Cl. The van der Waals surface area contributed by atoms with Crippen molar-refractivity contribution in [3.63, 3.8) is 0 Å². The number of fused-ring (bicyclic) bond motifs is 1. The molecule has 1 aliphatic rings. The number of benzene rings is 3. The molecule has 2 amide bonds. The summed E-state index contributed by atoms with van der Waals surface area (Å²) in [6, 6.07) is 25.0. The van der Waals surface area contributed by atoms with Crippen LogP contribution < -0.4 is 10.2 Å². The number of piperazine rings is 1. The number of rotatable bonds is 4. The fraction of sp³-hybridized carbons (Fsp3) is 0.154. The minimum absolute atomic E-state index is 0.0824. The lowest BCUT2D eigenvalue weighted by Crippen LogP contribution is -2.48. The maximum Gasteiger partial charge on any atom is 0.267 e. The summed E-state index contributed by atoms with van der Waals surface area (Å²) in [6.07, 6.45) is 0. The van der Waals surface area contributed by atoms with E-state index < -0.39 is 0 Å². The number of nitrogens with one attached hydrogen (secondary N) is 1. The van der Waals surface area contributed by atoms with Crippen LogP contribution in [0.2, 0.25) is 5.02 Å². The Morgan fingerprint density at radius 1 is 0.818 bits per heavy atom. The highest BCUT2D eigenvalue weighted by Crippen LogP contribution is 2.35. The van der Waals surface area contributed by atoms with Gasteiger partial charge in [-0.3, -0.25) is 9.59 Å². The van der Waals surface area contributed by atoms with Gasteiger partial charge in [-0.05, 0) is 30.3 Å². The topological polar surface area (TPSA) is 52.7 Å². The van der Waals surface area contributed by atoms with Gasteiger partial charge in [0.1, 0.15) is 4.88 Å². The lowest BCUT2D eigenvalue weighted by Gasteiger charge is -2.36. The minimum atomic E-state index is -0.310. The van der Waals surface area contributed by atoms with Gasteiger partial charge < -0.3 is 15.1 Å². The van der Waals surface area contributed by atoms with Gasteiger partial charge >= 0.3 is 0 Å². The molecule has 1 fully saturated rings. The van der Waals surface area contributed by atoms with E-state index in [0.717, 1.165) is 28.9 Å². The van der Waals surface area contributed by atoms with Crippen LogP contribution in [0.15, 0.2) is 78.9 Å². The van der Waals surface area contributed by atoms with Gasteiger partial charge in [-0.2, -0.15) is 0 Å². The van der Waals surface area contributed by atoms with Gasteiger partial charge in [-0.1, -0.05) is 60.1 Å². The molecule has 0 bridgehead atoms. The minimum Gasteiger partial charge on any atom is -0.368 e. The number of halogens is 1. The quantitative estimate of drug-likeness (QED) is 0.407. The molecule has 0 aliphatic carbocycles. The number of carbonyl (C=O) groups is 2. The number of hydrogen-bond acceptors (Lipinski definition) is 4. The third kappa shape index (κ3) is 4.32. The first-order chi connectivity index (χ1) is 16.1. The zero-order valence-corrected chi connectivity index (χ0v) is 19.4.